The number of nitrogens with one attached hydrogen (secondary N) is 1. The van der Waals surface area contributed by atoms with Crippen molar-refractivity contribution in [2.24, 2.45) is 0 Å². The van der Waals surface area contributed by atoms with Crippen molar-refractivity contribution in [2.75, 3.05) is 0 Å². The highest BCUT2D eigenvalue weighted by atomic mass is 35.5. The zero-order valence-corrected chi connectivity index (χ0v) is 14.6. The molecular weight excluding hydrogens is 280 g/mol. The van der Waals surface area contributed by atoms with Gasteiger partial charge in [0.15, 0.2) is 0 Å². The molecule has 0 radical (unpaired) electrons. The van der Waals surface area contributed by atoms with Crippen molar-refractivity contribution in [1.29, 1.82) is 0 Å². The van der Waals surface area contributed by atoms with Crippen LogP contribution in [0.5, 0.6) is 0 Å². The van der Waals surface area contributed by atoms with Gasteiger partial charge in [0.2, 0.25) is 0 Å². The van der Waals surface area contributed by atoms with Crippen molar-refractivity contribution in [1.82, 2.24) is 10.3 Å². The molecule has 2 nitrogen and oxygen atoms in total. The molecular formula is C18H25ClN2. The topological polar surface area (TPSA) is 24.9 Å². The van der Waals surface area contributed by atoms with Gasteiger partial charge in [-0.3, -0.25) is 4.98 Å². The summed E-state index contributed by atoms with van der Waals surface area (Å²) in [5.74, 6) is 0. The Morgan fingerprint density at radius 2 is 1.86 bits per heavy atom. The minimum Gasteiger partial charge on any atom is -0.310 e. The molecule has 0 atom stereocenters. The smallest absolute Gasteiger partial charge is 0.0738 e. The molecule has 1 N–H and O–H groups in total. The Morgan fingerprint density at radius 1 is 1.19 bits per heavy atom. The summed E-state index contributed by atoms with van der Waals surface area (Å²) in [4.78, 5) is 4.89. The average molecular weight is 305 g/mol. The van der Waals surface area contributed by atoms with E-state index in [0.717, 1.165) is 33.7 Å². The number of aromatic nitrogens is 1. The van der Waals surface area contributed by atoms with Crippen LogP contribution < -0.4 is 5.32 Å². The molecule has 1 heterocycles. The quantitative estimate of drug-likeness (QED) is 0.864. The molecule has 21 heavy (non-hydrogen) atoms. The first-order valence-electron chi connectivity index (χ1n) is 7.52. The van der Waals surface area contributed by atoms with Crippen LogP contribution in [0.15, 0.2) is 18.2 Å². The number of hydrogen-bond donors (Lipinski definition) is 1. The molecule has 0 aliphatic heterocycles. The van der Waals surface area contributed by atoms with Crippen LogP contribution in [-0.2, 0) is 12.0 Å². The second-order valence-corrected chi connectivity index (χ2v) is 7.51. The molecule has 2 aromatic rings. The Morgan fingerprint density at radius 3 is 2.43 bits per heavy atom. The first kappa shape index (κ1) is 16.3. The Labute approximate surface area is 132 Å². The summed E-state index contributed by atoms with van der Waals surface area (Å²) in [6.07, 6.45) is 0. The van der Waals surface area contributed by atoms with Crippen molar-refractivity contribution in [3.05, 3.63) is 40.0 Å². The highest BCUT2D eigenvalue weighted by Crippen LogP contribution is 2.30. The lowest BCUT2D eigenvalue weighted by atomic mass is 9.89. The summed E-state index contributed by atoms with van der Waals surface area (Å²) in [6.45, 7) is 13.8. The molecule has 0 aliphatic rings. The SMILES string of the molecule is Cc1cc(Cl)cc2c(CNC(C)C)cc(C(C)(C)C)nc12. The predicted molar refractivity (Wildman–Crippen MR) is 92.2 cm³/mol. The van der Waals surface area contributed by atoms with E-state index in [1.54, 1.807) is 0 Å². The third kappa shape index (κ3) is 3.75. The van der Waals surface area contributed by atoms with E-state index >= 15 is 0 Å². The van der Waals surface area contributed by atoms with Crippen LogP contribution in [0.4, 0.5) is 0 Å². The summed E-state index contributed by atoms with van der Waals surface area (Å²) in [6, 6.07) is 6.68. The van der Waals surface area contributed by atoms with E-state index < -0.39 is 0 Å². The lowest BCUT2D eigenvalue weighted by Gasteiger charge is -2.21. The first-order chi connectivity index (χ1) is 9.68. The summed E-state index contributed by atoms with van der Waals surface area (Å²) >= 11 is 6.24. The zero-order valence-electron chi connectivity index (χ0n) is 13.8. The average Bonchev–Trinajstić information content (AvgIpc) is 2.34. The normalized spacial score (nSPS) is 12.4. The summed E-state index contributed by atoms with van der Waals surface area (Å²) < 4.78 is 0. The number of rotatable bonds is 3. The number of pyridine rings is 1. The molecule has 0 spiro atoms. The number of fused-ring (bicyclic) bond motifs is 1. The highest BCUT2D eigenvalue weighted by Gasteiger charge is 2.19. The van der Waals surface area contributed by atoms with Crippen molar-refractivity contribution in [2.45, 2.75) is 59.5 Å². The molecule has 3 heteroatoms. The fourth-order valence-electron chi connectivity index (χ4n) is 2.37. The molecule has 114 valence electrons. The van der Waals surface area contributed by atoms with E-state index in [0.29, 0.717) is 6.04 Å². The lowest BCUT2D eigenvalue weighted by Crippen LogP contribution is -2.23. The summed E-state index contributed by atoms with van der Waals surface area (Å²) in [5, 5.41) is 5.43. The highest BCUT2D eigenvalue weighted by molar-refractivity contribution is 6.31. The lowest BCUT2D eigenvalue weighted by molar-refractivity contribution is 0.564. The fraction of sp³-hybridized carbons (Fsp3) is 0.500. The van der Waals surface area contributed by atoms with Crippen LogP contribution in [0.3, 0.4) is 0 Å². The van der Waals surface area contributed by atoms with Gasteiger partial charge in [0.05, 0.1) is 5.52 Å². The van der Waals surface area contributed by atoms with Gasteiger partial charge in [-0.05, 0) is 36.2 Å². The van der Waals surface area contributed by atoms with E-state index in [1.807, 2.05) is 12.1 Å². The number of nitrogens with zero attached hydrogens (tertiary/aromatic N) is 1. The molecule has 0 amide bonds. The van der Waals surface area contributed by atoms with Gasteiger partial charge in [-0.1, -0.05) is 46.2 Å². The summed E-state index contributed by atoms with van der Waals surface area (Å²) in [5.41, 5.74) is 4.62. The van der Waals surface area contributed by atoms with Gasteiger partial charge in [0, 0.05) is 34.1 Å². The second-order valence-electron chi connectivity index (χ2n) is 7.07. The van der Waals surface area contributed by atoms with Crippen LogP contribution in [0, 0.1) is 6.92 Å². The molecule has 0 saturated heterocycles. The van der Waals surface area contributed by atoms with Gasteiger partial charge in [-0.15, -0.1) is 0 Å². The van der Waals surface area contributed by atoms with E-state index in [4.69, 9.17) is 16.6 Å². The maximum absolute atomic E-state index is 6.24. The Balaban J connectivity index is 2.66. The van der Waals surface area contributed by atoms with Crippen molar-refractivity contribution < 1.29 is 0 Å². The first-order valence-corrected chi connectivity index (χ1v) is 7.90. The third-order valence-electron chi connectivity index (χ3n) is 3.62. The number of halogens is 1. The van der Waals surface area contributed by atoms with Crippen LogP contribution in [0.25, 0.3) is 10.9 Å². The van der Waals surface area contributed by atoms with Gasteiger partial charge in [-0.25, -0.2) is 0 Å². The number of aryl methyl sites for hydroxylation is 1. The monoisotopic (exact) mass is 304 g/mol. The van der Waals surface area contributed by atoms with E-state index in [1.165, 1.54) is 5.56 Å². The molecule has 1 aromatic carbocycles. The van der Waals surface area contributed by atoms with Gasteiger partial charge in [0.25, 0.3) is 0 Å². The minimum absolute atomic E-state index is 0.0346. The Bertz CT molecular complexity index is 654. The third-order valence-corrected chi connectivity index (χ3v) is 3.84. The molecule has 1 aromatic heterocycles. The molecule has 0 saturated carbocycles. The predicted octanol–water partition coefficient (Wildman–Crippen LogP) is 4.99. The minimum atomic E-state index is 0.0346. The Hall–Kier alpha value is -1.12. The Kier molecular flexibility index (Phi) is 4.60. The molecule has 0 bridgehead atoms. The van der Waals surface area contributed by atoms with Crippen molar-refractivity contribution in [3.8, 4) is 0 Å². The maximum atomic E-state index is 6.24. The largest absolute Gasteiger partial charge is 0.310 e. The van der Waals surface area contributed by atoms with Crippen molar-refractivity contribution in [3.63, 3.8) is 0 Å². The second kappa shape index (κ2) is 5.94. The molecule has 2 rings (SSSR count). The summed E-state index contributed by atoms with van der Waals surface area (Å²) in [7, 11) is 0. The van der Waals surface area contributed by atoms with Crippen molar-refractivity contribution >= 4 is 22.5 Å². The van der Waals surface area contributed by atoms with Gasteiger partial charge in [-0.2, -0.15) is 0 Å². The number of hydrogen-bond acceptors (Lipinski definition) is 2. The number of benzene rings is 1. The molecule has 0 fully saturated rings. The van der Waals surface area contributed by atoms with Crippen LogP contribution in [0.1, 0.15) is 51.4 Å². The van der Waals surface area contributed by atoms with Crippen LogP contribution in [0.2, 0.25) is 5.02 Å². The van der Waals surface area contributed by atoms with E-state index in [2.05, 4.69) is 52.9 Å². The molecule has 0 unspecified atom stereocenters. The van der Waals surface area contributed by atoms with Gasteiger partial charge < -0.3 is 5.32 Å². The maximum Gasteiger partial charge on any atom is 0.0738 e. The van der Waals surface area contributed by atoms with Crippen LogP contribution >= 0.6 is 11.6 Å². The molecule has 0 aliphatic carbocycles. The van der Waals surface area contributed by atoms with E-state index in [9.17, 15) is 0 Å². The fourth-order valence-corrected chi connectivity index (χ4v) is 2.64. The standard InChI is InChI=1S/C18H25ClN2/c1-11(2)20-10-13-8-16(18(4,5)6)21-17-12(3)7-14(19)9-15(13)17/h7-9,11,20H,10H2,1-6H3. The van der Waals surface area contributed by atoms with Gasteiger partial charge >= 0.3 is 0 Å². The van der Waals surface area contributed by atoms with E-state index in [-0.39, 0.29) is 5.41 Å². The van der Waals surface area contributed by atoms with Gasteiger partial charge in [0.1, 0.15) is 0 Å². The van der Waals surface area contributed by atoms with Crippen LogP contribution in [-0.4, -0.2) is 11.0 Å². The zero-order chi connectivity index (χ0) is 15.8.